The molecule has 84 valence electrons. The van der Waals surface area contributed by atoms with Gasteiger partial charge in [-0.3, -0.25) is 4.90 Å². The van der Waals surface area contributed by atoms with Crippen LogP contribution in [0.4, 0.5) is 5.69 Å². The minimum Gasteiger partial charge on any atom is -0.497 e. The number of hydrogen-bond donors (Lipinski definition) is 1. The Labute approximate surface area is 91.8 Å². The van der Waals surface area contributed by atoms with Crippen LogP contribution in [0.25, 0.3) is 0 Å². The van der Waals surface area contributed by atoms with Gasteiger partial charge in [-0.15, -0.1) is 0 Å². The summed E-state index contributed by atoms with van der Waals surface area (Å²) in [5, 5.41) is 0. The highest BCUT2D eigenvalue weighted by molar-refractivity contribution is 5.50. The first-order valence-electron chi connectivity index (χ1n) is 5.17. The standard InChI is InChI=1S/C12H20N2O/c1-9(2)14(3)8-10-7-11(15-4)5-6-12(10)13/h5-7,9H,8,13H2,1-4H3. The molecule has 3 nitrogen and oxygen atoms in total. The summed E-state index contributed by atoms with van der Waals surface area (Å²) in [4.78, 5) is 2.24. The number of hydrogen-bond acceptors (Lipinski definition) is 3. The molecular weight excluding hydrogens is 188 g/mol. The Morgan fingerprint density at radius 3 is 2.60 bits per heavy atom. The summed E-state index contributed by atoms with van der Waals surface area (Å²) in [7, 11) is 3.76. The van der Waals surface area contributed by atoms with Crippen LogP contribution in [0.15, 0.2) is 18.2 Å². The maximum Gasteiger partial charge on any atom is 0.119 e. The van der Waals surface area contributed by atoms with E-state index < -0.39 is 0 Å². The molecule has 0 aliphatic rings. The molecule has 0 unspecified atom stereocenters. The molecule has 0 amide bonds. The van der Waals surface area contributed by atoms with Gasteiger partial charge in [-0.1, -0.05) is 0 Å². The van der Waals surface area contributed by atoms with Crippen molar-refractivity contribution in [2.45, 2.75) is 26.4 Å². The smallest absolute Gasteiger partial charge is 0.119 e. The van der Waals surface area contributed by atoms with Crippen LogP contribution < -0.4 is 10.5 Å². The maximum atomic E-state index is 5.91. The number of nitrogens with two attached hydrogens (primary N) is 1. The summed E-state index contributed by atoms with van der Waals surface area (Å²) in [5.74, 6) is 0.858. The predicted molar refractivity (Wildman–Crippen MR) is 64.0 cm³/mol. The molecule has 0 aromatic heterocycles. The van der Waals surface area contributed by atoms with Crippen LogP contribution >= 0.6 is 0 Å². The molecule has 15 heavy (non-hydrogen) atoms. The predicted octanol–water partition coefficient (Wildman–Crippen LogP) is 2.12. The number of rotatable bonds is 4. The van der Waals surface area contributed by atoms with E-state index in [1.807, 2.05) is 18.2 Å². The van der Waals surface area contributed by atoms with Gasteiger partial charge in [-0.2, -0.15) is 0 Å². The number of ether oxygens (including phenoxy) is 1. The minimum atomic E-state index is 0.510. The van der Waals surface area contributed by atoms with E-state index in [4.69, 9.17) is 10.5 Å². The SMILES string of the molecule is COc1ccc(N)c(CN(C)C(C)C)c1. The van der Waals surface area contributed by atoms with Gasteiger partial charge in [0, 0.05) is 18.3 Å². The summed E-state index contributed by atoms with van der Waals surface area (Å²) in [6.07, 6.45) is 0. The van der Waals surface area contributed by atoms with E-state index in [1.54, 1.807) is 7.11 Å². The molecule has 0 radical (unpaired) electrons. The summed E-state index contributed by atoms with van der Waals surface area (Å²) >= 11 is 0. The van der Waals surface area contributed by atoms with Gasteiger partial charge in [0.25, 0.3) is 0 Å². The van der Waals surface area contributed by atoms with E-state index in [0.29, 0.717) is 6.04 Å². The molecular formula is C12H20N2O. The molecule has 0 bridgehead atoms. The van der Waals surface area contributed by atoms with Crippen molar-refractivity contribution in [1.29, 1.82) is 0 Å². The Bertz CT molecular complexity index is 323. The number of benzene rings is 1. The van der Waals surface area contributed by atoms with E-state index >= 15 is 0 Å². The summed E-state index contributed by atoms with van der Waals surface area (Å²) in [6, 6.07) is 6.28. The Hall–Kier alpha value is -1.22. The average Bonchev–Trinajstić information content (AvgIpc) is 2.21. The van der Waals surface area contributed by atoms with Gasteiger partial charge < -0.3 is 10.5 Å². The fraction of sp³-hybridized carbons (Fsp3) is 0.500. The van der Waals surface area contributed by atoms with E-state index in [2.05, 4.69) is 25.8 Å². The second-order valence-electron chi connectivity index (χ2n) is 4.07. The van der Waals surface area contributed by atoms with Gasteiger partial charge in [0.2, 0.25) is 0 Å². The summed E-state index contributed by atoms with van der Waals surface area (Å²) < 4.78 is 5.18. The largest absolute Gasteiger partial charge is 0.497 e. The summed E-state index contributed by atoms with van der Waals surface area (Å²) in [6.45, 7) is 5.17. The van der Waals surface area contributed by atoms with Gasteiger partial charge in [-0.25, -0.2) is 0 Å². The number of nitrogen functional groups attached to an aromatic ring is 1. The van der Waals surface area contributed by atoms with Gasteiger partial charge in [0.05, 0.1) is 7.11 Å². The van der Waals surface area contributed by atoms with Crippen LogP contribution in [0.2, 0.25) is 0 Å². The third kappa shape index (κ3) is 3.13. The maximum absolute atomic E-state index is 5.91. The lowest BCUT2D eigenvalue weighted by atomic mass is 10.1. The lowest BCUT2D eigenvalue weighted by molar-refractivity contribution is 0.266. The Morgan fingerprint density at radius 1 is 1.40 bits per heavy atom. The van der Waals surface area contributed by atoms with Gasteiger partial charge >= 0.3 is 0 Å². The average molecular weight is 208 g/mol. The Morgan fingerprint density at radius 2 is 2.07 bits per heavy atom. The van der Waals surface area contributed by atoms with E-state index in [0.717, 1.165) is 23.5 Å². The molecule has 1 aromatic carbocycles. The van der Waals surface area contributed by atoms with Crippen molar-refractivity contribution in [1.82, 2.24) is 4.90 Å². The van der Waals surface area contributed by atoms with Crippen molar-refractivity contribution in [3.63, 3.8) is 0 Å². The molecule has 0 aliphatic carbocycles. The number of methoxy groups -OCH3 is 1. The zero-order chi connectivity index (χ0) is 11.4. The lowest BCUT2D eigenvalue weighted by Crippen LogP contribution is -2.26. The highest BCUT2D eigenvalue weighted by Crippen LogP contribution is 2.21. The van der Waals surface area contributed by atoms with Crippen molar-refractivity contribution in [2.75, 3.05) is 19.9 Å². The highest BCUT2D eigenvalue weighted by atomic mass is 16.5. The fourth-order valence-corrected chi connectivity index (χ4v) is 1.30. The molecule has 0 atom stereocenters. The van der Waals surface area contributed by atoms with Crippen molar-refractivity contribution in [3.05, 3.63) is 23.8 Å². The Balaban J connectivity index is 2.83. The number of anilines is 1. The first-order chi connectivity index (χ1) is 7.04. The van der Waals surface area contributed by atoms with Crippen LogP contribution in [-0.2, 0) is 6.54 Å². The van der Waals surface area contributed by atoms with Crippen LogP contribution in [-0.4, -0.2) is 25.1 Å². The van der Waals surface area contributed by atoms with Crippen LogP contribution in [0, 0.1) is 0 Å². The second kappa shape index (κ2) is 5.03. The number of nitrogens with zero attached hydrogens (tertiary/aromatic N) is 1. The molecule has 0 spiro atoms. The van der Waals surface area contributed by atoms with Crippen molar-refractivity contribution < 1.29 is 4.74 Å². The molecule has 2 N–H and O–H groups in total. The van der Waals surface area contributed by atoms with Crippen molar-refractivity contribution >= 4 is 5.69 Å². The molecule has 0 fully saturated rings. The second-order valence-corrected chi connectivity index (χ2v) is 4.07. The third-order valence-corrected chi connectivity index (χ3v) is 2.65. The molecule has 3 heteroatoms. The van der Waals surface area contributed by atoms with Crippen LogP contribution in [0.1, 0.15) is 19.4 Å². The van der Waals surface area contributed by atoms with Crippen LogP contribution in [0.3, 0.4) is 0 Å². The minimum absolute atomic E-state index is 0.510. The molecule has 1 rings (SSSR count). The molecule has 1 aromatic rings. The molecule has 0 aliphatic heterocycles. The normalized spacial score (nSPS) is 11.1. The van der Waals surface area contributed by atoms with Gasteiger partial charge in [0.1, 0.15) is 5.75 Å². The molecule has 0 saturated carbocycles. The van der Waals surface area contributed by atoms with E-state index in [9.17, 15) is 0 Å². The van der Waals surface area contributed by atoms with Gasteiger partial charge in [-0.05, 0) is 44.7 Å². The molecule has 0 saturated heterocycles. The third-order valence-electron chi connectivity index (χ3n) is 2.65. The van der Waals surface area contributed by atoms with Crippen molar-refractivity contribution in [2.24, 2.45) is 0 Å². The quantitative estimate of drug-likeness (QED) is 0.770. The summed E-state index contributed by atoms with van der Waals surface area (Å²) in [5.41, 5.74) is 7.85. The van der Waals surface area contributed by atoms with E-state index in [-0.39, 0.29) is 0 Å². The first kappa shape index (κ1) is 11.9. The lowest BCUT2D eigenvalue weighted by Gasteiger charge is -2.22. The van der Waals surface area contributed by atoms with E-state index in [1.165, 1.54) is 0 Å². The highest BCUT2D eigenvalue weighted by Gasteiger charge is 2.07. The Kier molecular flexibility index (Phi) is 3.97. The fourth-order valence-electron chi connectivity index (χ4n) is 1.30. The zero-order valence-electron chi connectivity index (χ0n) is 9.95. The van der Waals surface area contributed by atoms with Crippen molar-refractivity contribution in [3.8, 4) is 5.75 Å². The first-order valence-corrected chi connectivity index (χ1v) is 5.17. The van der Waals surface area contributed by atoms with Crippen LogP contribution in [0.5, 0.6) is 5.75 Å². The molecule has 0 heterocycles. The zero-order valence-corrected chi connectivity index (χ0v) is 9.95. The monoisotopic (exact) mass is 208 g/mol. The topological polar surface area (TPSA) is 38.5 Å². The van der Waals surface area contributed by atoms with Gasteiger partial charge in [0.15, 0.2) is 0 Å².